The van der Waals surface area contributed by atoms with Gasteiger partial charge in [0.15, 0.2) is 0 Å². The average molecular weight is 340 g/mol. The van der Waals surface area contributed by atoms with Crippen LogP contribution >= 0.6 is 0 Å². The first-order valence-electron chi connectivity index (χ1n) is 9.03. The zero-order valence-corrected chi connectivity index (χ0v) is 15.5. The molecule has 134 valence electrons. The lowest BCUT2D eigenvalue weighted by atomic mass is 9.97. The van der Waals surface area contributed by atoms with E-state index in [2.05, 4.69) is 39.1 Å². The van der Waals surface area contributed by atoms with Gasteiger partial charge in [0.25, 0.3) is 0 Å². The highest BCUT2D eigenvalue weighted by Gasteiger charge is 2.26. The van der Waals surface area contributed by atoms with Crippen molar-refractivity contribution in [2.75, 3.05) is 27.2 Å². The SMILES string of the molecule is Cc1[nH]cnc1CN(CCN(C)C)C(=O)CC1CCc2ccccc21. The van der Waals surface area contributed by atoms with Crippen molar-refractivity contribution >= 4 is 5.91 Å². The summed E-state index contributed by atoms with van der Waals surface area (Å²) in [4.78, 5) is 24.6. The van der Waals surface area contributed by atoms with Gasteiger partial charge in [-0.2, -0.15) is 0 Å². The highest BCUT2D eigenvalue weighted by molar-refractivity contribution is 5.77. The Labute approximate surface area is 150 Å². The maximum Gasteiger partial charge on any atom is 0.223 e. The van der Waals surface area contributed by atoms with Crippen molar-refractivity contribution in [3.8, 4) is 0 Å². The number of rotatable bonds is 7. The summed E-state index contributed by atoms with van der Waals surface area (Å²) in [7, 11) is 4.07. The molecule has 0 spiro atoms. The number of amides is 1. The van der Waals surface area contributed by atoms with Gasteiger partial charge in [0.1, 0.15) is 0 Å². The molecule has 1 aromatic heterocycles. The van der Waals surface area contributed by atoms with Gasteiger partial charge in [0.05, 0.1) is 18.6 Å². The number of nitrogens with zero attached hydrogens (tertiary/aromatic N) is 3. The Bertz CT molecular complexity index is 722. The molecule has 5 heteroatoms. The molecule has 5 nitrogen and oxygen atoms in total. The molecular formula is C20H28N4O. The molecular weight excluding hydrogens is 312 g/mol. The van der Waals surface area contributed by atoms with Gasteiger partial charge in [-0.15, -0.1) is 0 Å². The second kappa shape index (κ2) is 7.83. The van der Waals surface area contributed by atoms with Gasteiger partial charge < -0.3 is 14.8 Å². The zero-order chi connectivity index (χ0) is 17.8. The molecule has 0 saturated heterocycles. The molecule has 1 atom stereocenters. The fraction of sp³-hybridized carbons (Fsp3) is 0.500. The van der Waals surface area contributed by atoms with Crippen LogP contribution in [-0.4, -0.2) is 52.9 Å². The van der Waals surface area contributed by atoms with Crippen LogP contribution in [0.5, 0.6) is 0 Å². The minimum absolute atomic E-state index is 0.228. The molecule has 1 N–H and O–H groups in total. The maximum atomic E-state index is 13.0. The Hall–Kier alpha value is -2.14. The van der Waals surface area contributed by atoms with Gasteiger partial charge in [-0.1, -0.05) is 24.3 Å². The van der Waals surface area contributed by atoms with E-state index in [1.807, 2.05) is 25.9 Å². The van der Waals surface area contributed by atoms with E-state index in [9.17, 15) is 4.79 Å². The lowest BCUT2D eigenvalue weighted by Gasteiger charge is -2.25. The fourth-order valence-electron chi connectivity index (χ4n) is 3.54. The lowest BCUT2D eigenvalue weighted by molar-refractivity contribution is -0.132. The smallest absolute Gasteiger partial charge is 0.223 e. The molecule has 2 aromatic rings. The number of benzene rings is 1. The van der Waals surface area contributed by atoms with Gasteiger partial charge in [0, 0.05) is 25.2 Å². The monoisotopic (exact) mass is 340 g/mol. The summed E-state index contributed by atoms with van der Waals surface area (Å²) < 4.78 is 0. The molecule has 1 aromatic carbocycles. The summed E-state index contributed by atoms with van der Waals surface area (Å²) >= 11 is 0. The summed E-state index contributed by atoms with van der Waals surface area (Å²) in [5.74, 6) is 0.580. The second-order valence-corrected chi connectivity index (χ2v) is 7.23. The number of aromatic nitrogens is 2. The normalized spacial score (nSPS) is 16.2. The zero-order valence-electron chi connectivity index (χ0n) is 15.5. The van der Waals surface area contributed by atoms with Gasteiger partial charge in [-0.05, 0) is 50.9 Å². The van der Waals surface area contributed by atoms with Crippen LogP contribution in [0, 0.1) is 6.92 Å². The quantitative estimate of drug-likeness (QED) is 0.843. The summed E-state index contributed by atoms with van der Waals surface area (Å²) in [5.41, 5.74) is 4.76. The molecule has 0 radical (unpaired) electrons. The number of hydrogen-bond acceptors (Lipinski definition) is 3. The van der Waals surface area contributed by atoms with Crippen molar-refractivity contribution in [3.63, 3.8) is 0 Å². The Morgan fingerprint density at radius 2 is 2.08 bits per heavy atom. The molecule has 0 bridgehead atoms. The number of nitrogens with one attached hydrogen (secondary N) is 1. The molecule has 25 heavy (non-hydrogen) atoms. The Morgan fingerprint density at radius 1 is 1.28 bits per heavy atom. The van der Waals surface area contributed by atoms with Crippen LogP contribution in [0.1, 0.15) is 41.3 Å². The van der Waals surface area contributed by atoms with E-state index < -0.39 is 0 Å². The van der Waals surface area contributed by atoms with Crippen LogP contribution < -0.4 is 0 Å². The van der Waals surface area contributed by atoms with Crippen molar-refractivity contribution in [1.82, 2.24) is 19.8 Å². The number of carbonyl (C=O) groups is 1. The van der Waals surface area contributed by atoms with Crippen LogP contribution in [0.2, 0.25) is 0 Å². The summed E-state index contributed by atoms with van der Waals surface area (Å²) in [5, 5.41) is 0. The van der Waals surface area contributed by atoms with E-state index in [4.69, 9.17) is 0 Å². The highest BCUT2D eigenvalue weighted by atomic mass is 16.2. The first kappa shape index (κ1) is 17.7. The third kappa shape index (κ3) is 4.28. The van der Waals surface area contributed by atoms with E-state index in [0.29, 0.717) is 18.9 Å². The van der Waals surface area contributed by atoms with Crippen LogP contribution in [0.3, 0.4) is 0 Å². The minimum atomic E-state index is 0.228. The molecule has 0 fully saturated rings. The van der Waals surface area contributed by atoms with E-state index >= 15 is 0 Å². The first-order valence-corrected chi connectivity index (χ1v) is 9.03. The van der Waals surface area contributed by atoms with E-state index in [-0.39, 0.29) is 5.91 Å². The second-order valence-electron chi connectivity index (χ2n) is 7.23. The highest BCUT2D eigenvalue weighted by Crippen LogP contribution is 2.35. The molecule has 3 rings (SSSR count). The first-order chi connectivity index (χ1) is 12.0. The summed E-state index contributed by atoms with van der Waals surface area (Å²) in [6, 6.07) is 8.55. The van der Waals surface area contributed by atoms with Crippen molar-refractivity contribution in [1.29, 1.82) is 0 Å². The number of imidazole rings is 1. The van der Waals surface area contributed by atoms with Crippen molar-refractivity contribution in [2.45, 2.75) is 38.6 Å². The van der Waals surface area contributed by atoms with Crippen molar-refractivity contribution < 1.29 is 4.79 Å². The fourth-order valence-corrected chi connectivity index (χ4v) is 3.54. The third-order valence-electron chi connectivity index (χ3n) is 5.12. The van der Waals surface area contributed by atoms with Gasteiger partial charge >= 0.3 is 0 Å². The van der Waals surface area contributed by atoms with Crippen LogP contribution in [0.25, 0.3) is 0 Å². The molecule has 1 aliphatic rings. The Morgan fingerprint density at radius 3 is 2.80 bits per heavy atom. The van der Waals surface area contributed by atoms with Crippen molar-refractivity contribution in [3.05, 3.63) is 53.1 Å². The standard InChI is InChI=1S/C20H28N4O/c1-15-19(22-14-21-15)13-24(11-10-23(2)3)20(25)12-17-9-8-16-6-4-5-7-18(16)17/h4-7,14,17H,8-13H2,1-3H3,(H,21,22). The third-order valence-corrected chi connectivity index (χ3v) is 5.12. The van der Waals surface area contributed by atoms with E-state index in [0.717, 1.165) is 37.3 Å². The molecule has 0 aliphatic heterocycles. The van der Waals surface area contributed by atoms with Gasteiger partial charge in [0.2, 0.25) is 5.91 Å². The minimum Gasteiger partial charge on any atom is -0.348 e. The Balaban J connectivity index is 1.69. The number of H-pyrrole nitrogens is 1. The lowest BCUT2D eigenvalue weighted by Crippen LogP contribution is -2.37. The number of aryl methyl sites for hydroxylation is 2. The molecule has 1 aliphatic carbocycles. The van der Waals surface area contributed by atoms with Gasteiger partial charge in [-0.3, -0.25) is 4.79 Å². The van der Waals surface area contributed by atoms with Crippen LogP contribution in [-0.2, 0) is 17.8 Å². The van der Waals surface area contributed by atoms with Crippen LogP contribution in [0.4, 0.5) is 0 Å². The summed E-state index contributed by atoms with van der Waals surface area (Å²) in [6.45, 7) is 4.17. The molecule has 1 heterocycles. The molecule has 1 unspecified atom stereocenters. The number of fused-ring (bicyclic) bond motifs is 1. The van der Waals surface area contributed by atoms with Crippen LogP contribution in [0.15, 0.2) is 30.6 Å². The maximum absolute atomic E-state index is 13.0. The predicted octanol–water partition coefficient (Wildman–Crippen LogP) is 2.73. The van der Waals surface area contributed by atoms with Crippen molar-refractivity contribution in [2.24, 2.45) is 0 Å². The predicted molar refractivity (Wildman–Crippen MR) is 99.4 cm³/mol. The number of likely N-dealkylation sites (N-methyl/N-ethyl adjacent to an activating group) is 1. The summed E-state index contributed by atoms with van der Waals surface area (Å²) in [6.07, 6.45) is 4.46. The topological polar surface area (TPSA) is 52.2 Å². The van der Waals surface area contributed by atoms with E-state index in [1.54, 1.807) is 6.33 Å². The average Bonchev–Trinajstić information content (AvgIpc) is 3.18. The largest absolute Gasteiger partial charge is 0.348 e. The van der Waals surface area contributed by atoms with E-state index in [1.165, 1.54) is 11.1 Å². The number of carbonyl (C=O) groups excluding carboxylic acids is 1. The molecule has 1 amide bonds. The Kier molecular flexibility index (Phi) is 5.53. The molecule has 0 saturated carbocycles. The van der Waals surface area contributed by atoms with Gasteiger partial charge in [-0.25, -0.2) is 4.98 Å². The number of aromatic amines is 1. The number of hydrogen-bond donors (Lipinski definition) is 1.